The molecule has 111 valence electrons. The second kappa shape index (κ2) is 8.00. The number of carbonyl (C=O) groups excluding carboxylic acids is 1. The van der Waals surface area contributed by atoms with Crippen molar-refractivity contribution in [3.05, 3.63) is 40.4 Å². The number of carbonyl (C=O) groups is 1. The number of amides is 1. The molecule has 0 spiro atoms. The SMILES string of the molecule is Cc1cc(Cl)ccc1C1=[C-]CC(Cl)C(=O)N1CC(F)F.[Y]. The number of allylic oxidation sites excluding steroid dienone is 1. The number of halogens is 4. The zero-order chi connectivity index (χ0) is 14.9. The predicted molar refractivity (Wildman–Crippen MR) is 74.8 cm³/mol. The van der Waals surface area contributed by atoms with E-state index in [0.29, 0.717) is 16.3 Å². The van der Waals surface area contributed by atoms with E-state index in [1.807, 2.05) is 0 Å². The van der Waals surface area contributed by atoms with Crippen molar-refractivity contribution >= 4 is 34.8 Å². The molecule has 1 aromatic rings. The quantitative estimate of drug-likeness (QED) is 0.549. The van der Waals surface area contributed by atoms with Gasteiger partial charge in [0.1, 0.15) is 5.38 Å². The van der Waals surface area contributed by atoms with Crippen molar-refractivity contribution in [1.82, 2.24) is 4.90 Å². The van der Waals surface area contributed by atoms with Crippen molar-refractivity contribution in [2.75, 3.05) is 6.54 Å². The van der Waals surface area contributed by atoms with E-state index in [1.165, 1.54) is 0 Å². The molecule has 1 unspecified atom stereocenters. The van der Waals surface area contributed by atoms with Crippen LogP contribution >= 0.6 is 23.2 Å². The van der Waals surface area contributed by atoms with Gasteiger partial charge in [-0.15, -0.1) is 34.5 Å². The number of rotatable bonds is 3. The van der Waals surface area contributed by atoms with Gasteiger partial charge in [-0.25, -0.2) is 14.9 Å². The van der Waals surface area contributed by atoms with Crippen LogP contribution in [0.15, 0.2) is 18.2 Å². The summed E-state index contributed by atoms with van der Waals surface area (Å²) in [5.41, 5.74) is 1.80. The molecule has 21 heavy (non-hydrogen) atoms. The number of nitrogens with zero attached hydrogens (tertiary/aromatic N) is 1. The van der Waals surface area contributed by atoms with Crippen LogP contribution in [0.4, 0.5) is 8.78 Å². The molecule has 0 fully saturated rings. The Morgan fingerprint density at radius 2 is 2.14 bits per heavy atom. The Morgan fingerprint density at radius 3 is 2.71 bits per heavy atom. The normalized spacial score (nSPS) is 18.6. The van der Waals surface area contributed by atoms with Gasteiger partial charge in [-0.05, 0) is 0 Å². The molecule has 1 aromatic carbocycles. The number of benzene rings is 1. The molecule has 1 aliphatic heterocycles. The van der Waals surface area contributed by atoms with E-state index >= 15 is 0 Å². The molecule has 1 atom stereocenters. The minimum absolute atomic E-state index is 0. The molecule has 0 saturated carbocycles. The minimum Gasteiger partial charge on any atom is -0.340 e. The van der Waals surface area contributed by atoms with Crippen LogP contribution in [0.1, 0.15) is 17.5 Å². The first-order valence-electron chi connectivity index (χ1n) is 6.01. The van der Waals surface area contributed by atoms with Gasteiger partial charge in [0.25, 0.3) is 6.43 Å². The van der Waals surface area contributed by atoms with Gasteiger partial charge in [0.15, 0.2) is 0 Å². The zero-order valence-corrected chi connectivity index (χ0v) is 15.6. The Hall–Kier alpha value is -0.0261. The van der Waals surface area contributed by atoms with Crippen molar-refractivity contribution in [1.29, 1.82) is 0 Å². The number of aryl methyl sites for hydroxylation is 1. The first-order chi connectivity index (χ1) is 9.40. The minimum atomic E-state index is -2.63. The summed E-state index contributed by atoms with van der Waals surface area (Å²) in [4.78, 5) is 13.0. The predicted octanol–water partition coefficient (Wildman–Crippen LogP) is 3.89. The van der Waals surface area contributed by atoms with Crippen LogP contribution in [0.25, 0.3) is 5.70 Å². The van der Waals surface area contributed by atoms with Crippen LogP contribution in [0.3, 0.4) is 0 Å². The van der Waals surface area contributed by atoms with Crippen LogP contribution < -0.4 is 0 Å². The van der Waals surface area contributed by atoms with Crippen LogP contribution in [-0.4, -0.2) is 29.2 Å². The van der Waals surface area contributed by atoms with E-state index in [9.17, 15) is 13.6 Å². The molecule has 0 saturated heterocycles. The summed E-state index contributed by atoms with van der Waals surface area (Å²) >= 11 is 11.7. The fourth-order valence-corrected chi connectivity index (χ4v) is 2.52. The summed E-state index contributed by atoms with van der Waals surface area (Å²) in [6.45, 7) is 1.11. The number of alkyl halides is 3. The summed E-state index contributed by atoms with van der Waals surface area (Å²) in [5, 5.41) is -0.297. The van der Waals surface area contributed by atoms with Crippen molar-refractivity contribution in [3.63, 3.8) is 0 Å². The van der Waals surface area contributed by atoms with Crippen molar-refractivity contribution in [3.8, 4) is 0 Å². The van der Waals surface area contributed by atoms with E-state index in [0.717, 1.165) is 10.5 Å². The fraction of sp³-hybridized carbons (Fsp3) is 0.357. The van der Waals surface area contributed by atoms with Crippen molar-refractivity contribution < 1.29 is 46.3 Å². The smallest absolute Gasteiger partial charge is 0.256 e. The molecule has 7 heteroatoms. The molecule has 2 rings (SSSR count). The average Bonchev–Trinajstić information content (AvgIpc) is 2.36. The van der Waals surface area contributed by atoms with E-state index in [2.05, 4.69) is 6.08 Å². The Bertz CT molecular complexity index is 566. The molecule has 1 aliphatic rings. The van der Waals surface area contributed by atoms with Crippen LogP contribution in [0, 0.1) is 13.0 Å². The van der Waals surface area contributed by atoms with Gasteiger partial charge in [0.05, 0.1) is 6.54 Å². The summed E-state index contributed by atoms with van der Waals surface area (Å²) < 4.78 is 25.3. The van der Waals surface area contributed by atoms with E-state index < -0.39 is 24.3 Å². The third-order valence-corrected chi connectivity index (χ3v) is 3.59. The Labute approximate surface area is 157 Å². The number of hydrogen-bond donors (Lipinski definition) is 0. The molecule has 0 aliphatic carbocycles. The van der Waals surface area contributed by atoms with E-state index in [1.54, 1.807) is 25.1 Å². The molecule has 0 aromatic heterocycles. The first kappa shape index (κ1) is 19.0. The molecule has 1 radical (unpaired) electrons. The first-order valence-corrected chi connectivity index (χ1v) is 6.82. The van der Waals surface area contributed by atoms with Gasteiger partial charge >= 0.3 is 0 Å². The molecule has 1 amide bonds. The molecule has 0 bridgehead atoms. The second-order valence-corrected chi connectivity index (χ2v) is 5.46. The second-order valence-electron chi connectivity index (χ2n) is 4.50. The van der Waals surface area contributed by atoms with E-state index in [4.69, 9.17) is 23.2 Å². The standard InChI is InChI=1S/C14H12Cl2F2NO.Y/c1-8-6-9(15)2-3-10(8)12-5-4-11(16)14(20)19(12)7-13(17)18;/h2-3,6,11,13H,4,7H2,1H3;/q-1;. The number of hydrogen-bond acceptors (Lipinski definition) is 1. The maximum atomic E-state index is 12.7. The van der Waals surface area contributed by atoms with Gasteiger partial charge in [0, 0.05) is 37.7 Å². The van der Waals surface area contributed by atoms with Gasteiger partial charge in [0.2, 0.25) is 5.91 Å². The van der Waals surface area contributed by atoms with Crippen LogP contribution in [-0.2, 0) is 37.5 Å². The summed E-state index contributed by atoms with van der Waals surface area (Å²) in [6, 6.07) is 5.06. The largest absolute Gasteiger partial charge is 0.340 e. The van der Waals surface area contributed by atoms with Gasteiger partial charge in [-0.2, -0.15) is 0 Å². The van der Waals surface area contributed by atoms with Gasteiger partial charge < -0.3 is 4.90 Å². The van der Waals surface area contributed by atoms with Crippen molar-refractivity contribution in [2.24, 2.45) is 0 Å². The van der Waals surface area contributed by atoms with Crippen molar-refractivity contribution in [2.45, 2.75) is 25.1 Å². The van der Waals surface area contributed by atoms with Crippen LogP contribution in [0.2, 0.25) is 5.02 Å². The molecular weight excluding hydrogens is 396 g/mol. The monoisotopic (exact) mass is 407 g/mol. The third kappa shape index (κ3) is 4.47. The molecular formula is C14H12Cl2F2NOY-. The third-order valence-electron chi connectivity index (χ3n) is 3.02. The summed E-state index contributed by atoms with van der Waals surface area (Å²) in [5.74, 6) is -0.518. The molecule has 2 nitrogen and oxygen atoms in total. The zero-order valence-electron chi connectivity index (χ0n) is 11.2. The Balaban J connectivity index is 0.00000220. The average molecular weight is 408 g/mol. The fourth-order valence-electron chi connectivity index (χ4n) is 2.10. The maximum absolute atomic E-state index is 12.7. The van der Waals surface area contributed by atoms with E-state index in [-0.39, 0.29) is 39.1 Å². The molecule has 0 N–H and O–H groups in total. The maximum Gasteiger partial charge on any atom is 0.256 e. The van der Waals surface area contributed by atoms with Gasteiger partial charge in [-0.1, -0.05) is 37.1 Å². The topological polar surface area (TPSA) is 20.3 Å². The Morgan fingerprint density at radius 1 is 1.48 bits per heavy atom. The summed E-state index contributed by atoms with van der Waals surface area (Å²) in [6.07, 6.45) is 0.517. The van der Waals surface area contributed by atoms with Gasteiger partial charge in [-0.3, -0.25) is 4.79 Å². The molecule has 1 heterocycles. The Kier molecular flexibility index (Phi) is 7.25. The van der Waals surface area contributed by atoms with Crippen LogP contribution in [0.5, 0.6) is 0 Å². The summed E-state index contributed by atoms with van der Waals surface area (Å²) in [7, 11) is 0.